The third-order valence-corrected chi connectivity index (χ3v) is 3.59. The summed E-state index contributed by atoms with van der Waals surface area (Å²) in [6.07, 6.45) is -2.51. The molecule has 0 aromatic carbocycles. The lowest BCUT2D eigenvalue weighted by Crippen LogP contribution is -2.46. The van der Waals surface area contributed by atoms with Gasteiger partial charge in [-0.2, -0.15) is 4.57 Å². The number of nitrogens with zero attached hydrogens (tertiary/aromatic N) is 1. The lowest BCUT2D eigenvalue weighted by molar-refractivity contribution is -0.765. The molecule has 0 amide bonds. The number of aliphatic hydroxyl groups excluding tert-OH is 2. The van der Waals surface area contributed by atoms with Gasteiger partial charge in [-0.25, -0.2) is 9.36 Å². The van der Waals surface area contributed by atoms with Crippen LogP contribution in [0.1, 0.15) is 16.6 Å². The first-order valence-corrected chi connectivity index (χ1v) is 7.68. The van der Waals surface area contributed by atoms with E-state index in [2.05, 4.69) is 4.52 Å². The van der Waals surface area contributed by atoms with Crippen molar-refractivity contribution in [1.82, 2.24) is 0 Å². The highest BCUT2D eigenvalue weighted by molar-refractivity contribution is 7.46. The smallest absolute Gasteiger partial charge is 0.469 e. The Morgan fingerprint density at radius 2 is 2.05 bits per heavy atom. The zero-order valence-corrected chi connectivity index (χ0v) is 12.0. The first-order valence-electron chi connectivity index (χ1n) is 6.15. The first-order chi connectivity index (χ1) is 10.2. The molecule has 0 unspecified atom stereocenters. The molecule has 1 aliphatic rings. The van der Waals surface area contributed by atoms with E-state index in [1.54, 1.807) is 0 Å². The van der Waals surface area contributed by atoms with E-state index in [1.165, 1.54) is 29.1 Å². The third-order valence-electron chi connectivity index (χ3n) is 3.11. The molecule has 1 saturated heterocycles. The van der Waals surface area contributed by atoms with Gasteiger partial charge in [-0.1, -0.05) is 0 Å². The molecular formula is C11H15NO9P+. The zero-order chi connectivity index (χ0) is 16.5. The average molecular weight is 336 g/mol. The van der Waals surface area contributed by atoms with Crippen LogP contribution in [0.2, 0.25) is 0 Å². The van der Waals surface area contributed by atoms with Crippen LogP contribution in [-0.4, -0.2) is 56.0 Å². The third kappa shape index (κ3) is 3.87. The Hall–Kier alpha value is -1.39. The predicted molar refractivity (Wildman–Crippen MR) is 67.5 cm³/mol. The maximum Gasteiger partial charge on any atom is 0.469 e. The number of hydrogen-bond donors (Lipinski definition) is 5. The number of pyridine rings is 1. The normalized spacial score (nSPS) is 28.7. The highest BCUT2D eigenvalue weighted by Gasteiger charge is 2.48. The van der Waals surface area contributed by atoms with Crippen LogP contribution >= 0.6 is 7.82 Å². The van der Waals surface area contributed by atoms with Gasteiger partial charge in [0.05, 0.1) is 6.61 Å². The van der Waals surface area contributed by atoms with Crippen LogP contribution in [0.25, 0.3) is 0 Å². The molecule has 2 heterocycles. The number of aliphatic hydroxyl groups is 2. The summed E-state index contributed by atoms with van der Waals surface area (Å²) < 4.78 is 21.4. The van der Waals surface area contributed by atoms with Gasteiger partial charge in [0, 0.05) is 6.07 Å². The number of phosphoric ester groups is 1. The number of carbonyl (C=O) groups is 1. The zero-order valence-electron chi connectivity index (χ0n) is 11.1. The molecule has 1 aromatic rings. The second-order valence-corrected chi connectivity index (χ2v) is 5.92. The molecule has 1 aromatic heterocycles. The molecule has 0 saturated carbocycles. The van der Waals surface area contributed by atoms with Crippen LogP contribution in [-0.2, 0) is 13.8 Å². The quantitative estimate of drug-likeness (QED) is 0.315. The maximum absolute atomic E-state index is 10.9. The standard InChI is InChI=1S/C11H14NO9P/c13-8-7(5-20-22(17,18)19)21-10(9(8)14)12-3-1-2-6(4-12)11(15)16/h1-4,7-10,13-14H,5H2,(H2-,15,16,17,18,19)/p+1/t7-,8+,9+,10-/m1/s1. The second kappa shape index (κ2) is 6.39. The van der Waals surface area contributed by atoms with Crippen LogP contribution in [0.5, 0.6) is 0 Å². The molecule has 4 atom stereocenters. The minimum atomic E-state index is -4.73. The number of carboxylic acid groups (broad SMARTS) is 1. The fourth-order valence-corrected chi connectivity index (χ4v) is 2.40. The number of aromatic carboxylic acids is 1. The molecule has 10 nitrogen and oxygen atoms in total. The van der Waals surface area contributed by atoms with E-state index < -0.39 is 44.9 Å². The van der Waals surface area contributed by atoms with E-state index in [9.17, 15) is 19.6 Å². The van der Waals surface area contributed by atoms with Gasteiger partial charge in [-0.3, -0.25) is 4.52 Å². The van der Waals surface area contributed by atoms with Crippen molar-refractivity contribution in [2.24, 2.45) is 0 Å². The Morgan fingerprint density at radius 1 is 1.36 bits per heavy atom. The van der Waals surface area contributed by atoms with Gasteiger partial charge in [0.1, 0.15) is 17.8 Å². The molecule has 122 valence electrons. The van der Waals surface area contributed by atoms with Crippen molar-refractivity contribution in [1.29, 1.82) is 0 Å². The Morgan fingerprint density at radius 3 is 2.64 bits per heavy atom. The summed E-state index contributed by atoms with van der Waals surface area (Å²) in [6.45, 7) is -0.627. The van der Waals surface area contributed by atoms with Crippen LogP contribution in [0.3, 0.4) is 0 Å². The lowest BCUT2D eigenvalue weighted by Gasteiger charge is -2.13. The van der Waals surface area contributed by atoms with Crippen molar-refractivity contribution < 1.29 is 48.3 Å². The molecule has 0 spiro atoms. The molecule has 5 N–H and O–H groups in total. The fraction of sp³-hybridized carbons (Fsp3) is 0.455. The SMILES string of the molecule is O=C(O)c1ccc[n+]([C@@H]2O[C@H](COP(=O)(O)O)[C@H](O)[C@@H]2O)c1. The number of rotatable bonds is 5. The summed E-state index contributed by atoms with van der Waals surface area (Å²) in [5.41, 5.74) is -0.0530. The molecule has 1 fully saturated rings. The molecule has 0 aliphatic carbocycles. The predicted octanol–water partition coefficient (Wildman–Crippen LogP) is -1.60. The summed E-state index contributed by atoms with van der Waals surface area (Å²) in [5.74, 6) is -1.18. The van der Waals surface area contributed by atoms with E-state index in [0.29, 0.717) is 0 Å². The number of hydrogen-bond acceptors (Lipinski definition) is 6. The largest absolute Gasteiger partial charge is 0.477 e. The van der Waals surface area contributed by atoms with Crippen molar-refractivity contribution in [3.63, 3.8) is 0 Å². The fourth-order valence-electron chi connectivity index (χ4n) is 2.06. The Labute approximate surface area is 124 Å². The number of ether oxygens (including phenoxy) is 1. The molecule has 22 heavy (non-hydrogen) atoms. The van der Waals surface area contributed by atoms with Crippen LogP contribution in [0.4, 0.5) is 0 Å². The van der Waals surface area contributed by atoms with Gasteiger partial charge in [0.15, 0.2) is 18.5 Å². The summed E-state index contributed by atoms with van der Waals surface area (Å²) in [6, 6.07) is 2.76. The average Bonchev–Trinajstić information content (AvgIpc) is 2.72. The molecule has 0 bridgehead atoms. The summed E-state index contributed by atoms with van der Waals surface area (Å²) in [4.78, 5) is 28.2. The lowest BCUT2D eigenvalue weighted by atomic mass is 10.1. The van der Waals surface area contributed by atoms with Gasteiger partial charge in [-0.05, 0) is 6.07 Å². The molecular weight excluding hydrogens is 321 g/mol. The highest BCUT2D eigenvalue weighted by atomic mass is 31.2. The Kier molecular flexibility index (Phi) is 4.93. The number of aromatic nitrogens is 1. The van der Waals surface area contributed by atoms with E-state index in [-0.39, 0.29) is 5.56 Å². The van der Waals surface area contributed by atoms with Gasteiger partial charge in [-0.15, -0.1) is 0 Å². The van der Waals surface area contributed by atoms with Gasteiger partial charge in [0.25, 0.3) is 6.23 Å². The summed E-state index contributed by atoms with van der Waals surface area (Å²) in [5, 5.41) is 28.7. The van der Waals surface area contributed by atoms with Crippen LogP contribution in [0, 0.1) is 0 Å². The molecule has 11 heteroatoms. The van der Waals surface area contributed by atoms with Gasteiger partial charge < -0.3 is 29.8 Å². The Bertz CT molecular complexity index is 603. The van der Waals surface area contributed by atoms with Gasteiger partial charge in [0.2, 0.25) is 0 Å². The van der Waals surface area contributed by atoms with Crippen molar-refractivity contribution >= 4 is 13.8 Å². The summed E-state index contributed by atoms with van der Waals surface area (Å²) in [7, 11) is -4.73. The van der Waals surface area contributed by atoms with E-state index in [1.807, 2.05) is 0 Å². The highest BCUT2D eigenvalue weighted by Crippen LogP contribution is 2.37. The van der Waals surface area contributed by atoms with Crippen molar-refractivity contribution in [2.45, 2.75) is 24.5 Å². The first kappa shape index (κ1) is 17.0. The monoisotopic (exact) mass is 336 g/mol. The Balaban J connectivity index is 2.14. The molecule has 0 radical (unpaired) electrons. The second-order valence-electron chi connectivity index (χ2n) is 4.68. The van der Waals surface area contributed by atoms with E-state index >= 15 is 0 Å². The maximum atomic E-state index is 10.9. The van der Waals surface area contributed by atoms with Gasteiger partial charge >= 0.3 is 13.8 Å². The van der Waals surface area contributed by atoms with Crippen molar-refractivity contribution in [3.8, 4) is 0 Å². The topological polar surface area (TPSA) is 158 Å². The minimum absolute atomic E-state index is 0.0530. The van der Waals surface area contributed by atoms with Crippen LogP contribution < -0.4 is 4.57 Å². The van der Waals surface area contributed by atoms with Crippen LogP contribution in [0.15, 0.2) is 24.5 Å². The molecule has 1 aliphatic heterocycles. The number of carboxylic acids is 1. The van der Waals surface area contributed by atoms with Crippen molar-refractivity contribution in [2.75, 3.05) is 6.61 Å². The summed E-state index contributed by atoms with van der Waals surface area (Å²) >= 11 is 0. The van der Waals surface area contributed by atoms with Crippen molar-refractivity contribution in [3.05, 3.63) is 30.1 Å². The molecule has 2 rings (SSSR count). The van der Waals surface area contributed by atoms with E-state index in [4.69, 9.17) is 19.6 Å². The number of phosphoric acid groups is 1. The van der Waals surface area contributed by atoms with E-state index in [0.717, 1.165) is 0 Å². The minimum Gasteiger partial charge on any atom is -0.477 e.